The van der Waals surface area contributed by atoms with Crippen molar-refractivity contribution in [3.05, 3.63) is 86.1 Å². The van der Waals surface area contributed by atoms with Gasteiger partial charge in [0, 0.05) is 46.2 Å². The van der Waals surface area contributed by atoms with E-state index < -0.39 is 66.8 Å². The number of rotatable bonds is 11. The average molecular weight is 720 g/mol. The number of nitrogens with zero attached hydrogens (tertiary/aromatic N) is 8. The minimum absolute atomic E-state index is 0.0907. The molecule has 2 aromatic rings. The highest BCUT2D eigenvalue weighted by Gasteiger charge is 2.40. The second kappa shape index (κ2) is 13.4. The molecule has 7 atom stereocenters. The van der Waals surface area contributed by atoms with Crippen molar-refractivity contribution in [2.75, 3.05) is 17.4 Å². The van der Waals surface area contributed by atoms with Gasteiger partial charge in [-0.3, -0.25) is 33.3 Å². The fourth-order valence-corrected chi connectivity index (χ4v) is 6.67. The van der Waals surface area contributed by atoms with Crippen LogP contribution in [0, 0.1) is 13.8 Å². The van der Waals surface area contributed by atoms with E-state index in [0.717, 1.165) is 0 Å². The van der Waals surface area contributed by atoms with Crippen LogP contribution in [0.3, 0.4) is 0 Å². The third-order valence-corrected chi connectivity index (χ3v) is 10.6. The first-order valence-electron chi connectivity index (χ1n) is 12.5. The van der Waals surface area contributed by atoms with Gasteiger partial charge in [-0.25, -0.2) is 9.59 Å². The number of hydrogen-bond acceptors (Lipinski definition) is 11. The van der Waals surface area contributed by atoms with Gasteiger partial charge in [0.25, 0.3) is 11.1 Å². The fourth-order valence-electron chi connectivity index (χ4n) is 4.53. The first-order valence-corrected chi connectivity index (χ1v) is 15.7. The van der Waals surface area contributed by atoms with Gasteiger partial charge in [0.15, 0.2) is 0 Å². The Balaban J connectivity index is 1.44. The fraction of sp³-hybridized carbons (Fsp3) is 0.619. The Morgan fingerprint density at radius 1 is 0.905 bits per heavy atom. The molecule has 0 amide bonds. The first kappa shape index (κ1) is 31.7. The molecular formula is C21H26IN10O9P. The van der Waals surface area contributed by atoms with Crippen molar-refractivity contribution in [2.24, 2.45) is 10.2 Å². The lowest BCUT2D eigenvalue weighted by Crippen LogP contribution is -2.33. The van der Waals surface area contributed by atoms with Crippen molar-refractivity contribution in [2.45, 2.75) is 63.4 Å². The van der Waals surface area contributed by atoms with Crippen LogP contribution in [0.5, 0.6) is 0 Å². The molecule has 4 rings (SSSR count). The zero-order valence-electron chi connectivity index (χ0n) is 22.2. The van der Waals surface area contributed by atoms with Gasteiger partial charge in [-0.1, -0.05) is 32.8 Å². The molecule has 0 spiro atoms. The summed E-state index contributed by atoms with van der Waals surface area (Å²) in [5, 5.41) is 7.42. The SMILES string of the molecule is Cc1cn([C@@H]2C[C@@H](N=[N+]=[N-])[C@H](COP(=O)(CI)OC[C@H]3O[C@@H](n4cc(C)c(=O)[nH]c4=O)C[C@@H]3N=[N+]=[N-])O2)c(=O)[nH]c1=O. The number of azide groups is 2. The maximum atomic E-state index is 13.4. The van der Waals surface area contributed by atoms with Gasteiger partial charge in [0.2, 0.25) is 0 Å². The minimum Gasteiger partial charge on any atom is -0.352 e. The summed E-state index contributed by atoms with van der Waals surface area (Å²) in [7, 11) is -3.80. The predicted molar refractivity (Wildman–Crippen MR) is 153 cm³/mol. The van der Waals surface area contributed by atoms with Crippen LogP contribution < -0.4 is 22.5 Å². The molecule has 2 N–H and O–H groups in total. The number of nitrogens with one attached hydrogen (secondary N) is 2. The molecule has 0 saturated carbocycles. The lowest BCUT2D eigenvalue weighted by molar-refractivity contribution is -0.0341. The van der Waals surface area contributed by atoms with Gasteiger partial charge in [-0.15, -0.1) is 0 Å². The van der Waals surface area contributed by atoms with Gasteiger partial charge in [0.1, 0.15) is 16.6 Å². The molecule has 2 saturated heterocycles. The van der Waals surface area contributed by atoms with Crippen molar-refractivity contribution < 1.29 is 23.1 Å². The van der Waals surface area contributed by atoms with Crippen LogP contribution in [0.25, 0.3) is 20.9 Å². The van der Waals surface area contributed by atoms with Crippen LogP contribution in [0.2, 0.25) is 0 Å². The molecular weight excluding hydrogens is 694 g/mol. The van der Waals surface area contributed by atoms with Crippen molar-refractivity contribution >= 4 is 30.2 Å². The maximum Gasteiger partial charge on any atom is 0.340 e. The Morgan fingerprint density at radius 2 is 1.31 bits per heavy atom. The van der Waals surface area contributed by atoms with E-state index >= 15 is 0 Å². The molecule has 2 aliphatic heterocycles. The van der Waals surface area contributed by atoms with Gasteiger partial charge in [-0.05, 0) is 24.9 Å². The number of H-pyrrole nitrogens is 2. The highest BCUT2D eigenvalue weighted by atomic mass is 127. The third-order valence-electron chi connectivity index (χ3n) is 6.74. The van der Waals surface area contributed by atoms with Crippen LogP contribution in [-0.2, 0) is 23.1 Å². The summed E-state index contributed by atoms with van der Waals surface area (Å²) >= 11 is 1.81. The highest BCUT2D eigenvalue weighted by molar-refractivity contribution is 14.1. The van der Waals surface area contributed by atoms with Crippen LogP contribution in [0.15, 0.2) is 41.8 Å². The molecule has 2 fully saturated rings. The third kappa shape index (κ3) is 7.04. The van der Waals surface area contributed by atoms with Crippen LogP contribution in [0.1, 0.15) is 36.4 Å². The predicted octanol–water partition coefficient (Wildman–Crippen LogP) is 2.26. The van der Waals surface area contributed by atoms with Gasteiger partial charge >= 0.3 is 19.0 Å². The Labute approximate surface area is 249 Å². The van der Waals surface area contributed by atoms with Crippen LogP contribution in [0.4, 0.5) is 0 Å². The summed E-state index contributed by atoms with van der Waals surface area (Å²) in [5.74, 6) is 0. The lowest BCUT2D eigenvalue weighted by atomic mass is 10.1. The molecule has 0 radical (unpaired) electrons. The molecule has 2 aliphatic rings. The van der Waals surface area contributed by atoms with E-state index in [1.54, 1.807) is 0 Å². The highest BCUT2D eigenvalue weighted by Crippen LogP contribution is 2.51. The number of hydrogen-bond donors (Lipinski definition) is 2. The monoisotopic (exact) mass is 720 g/mol. The normalized spacial score (nSPS) is 26.7. The molecule has 0 aliphatic carbocycles. The Bertz CT molecular complexity index is 1590. The van der Waals surface area contributed by atoms with Crippen molar-refractivity contribution in [1.29, 1.82) is 0 Å². The number of aromatic amines is 2. The maximum absolute atomic E-state index is 13.4. The Hall–Kier alpha value is -3.22. The van der Waals surface area contributed by atoms with Crippen molar-refractivity contribution in [1.82, 2.24) is 19.1 Å². The zero-order valence-corrected chi connectivity index (χ0v) is 25.3. The van der Waals surface area contributed by atoms with E-state index in [1.807, 2.05) is 22.6 Å². The van der Waals surface area contributed by atoms with Crippen LogP contribution in [-0.4, -0.2) is 60.8 Å². The van der Waals surface area contributed by atoms with E-state index in [1.165, 1.54) is 35.4 Å². The Kier molecular flexibility index (Phi) is 10.1. The quantitative estimate of drug-likeness (QED) is 0.0860. The summed E-state index contributed by atoms with van der Waals surface area (Å²) in [4.78, 5) is 58.1. The largest absolute Gasteiger partial charge is 0.352 e. The van der Waals surface area contributed by atoms with Gasteiger partial charge in [-0.2, -0.15) is 0 Å². The molecule has 4 heterocycles. The molecule has 1 unspecified atom stereocenters. The van der Waals surface area contributed by atoms with E-state index in [-0.39, 0.29) is 41.4 Å². The summed E-state index contributed by atoms with van der Waals surface area (Å²) in [6, 6.07) is -1.57. The second-order valence-electron chi connectivity index (χ2n) is 9.55. The van der Waals surface area contributed by atoms with Gasteiger partial charge < -0.3 is 18.5 Å². The molecule has 42 heavy (non-hydrogen) atoms. The van der Waals surface area contributed by atoms with E-state index in [2.05, 4.69) is 30.0 Å². The van der Waals surface area contributed by atoms with Crippen molar-refractivity contribution in [3.8, 4) is 0 Å². The lowest BCUT2D eigenvalue weighted by Gasteiger charge is -2.23. The Morgan fingerprint density at radius 3 is 1.67 bits per heavy atom. The summed E-state index contributed by atoms with van der Waals surface area (Å²) in [5.41, 5.74) is 16.1. The standard InChI is InChI=1S/C21H26IN10O9P/c1-10-5-31(20(35)25-18(10)33)16-3-12(27-29-23)14(40-16)7-38-42(37,9-22)39-8-15-13(28-30-24)4-17(41-15)32-6-11(2)19(34)26-21(32)36/h5-6,12-17H,3-4,7-9H2,1-2H3,(H,25,33,35)(H,26,34,36)/t12-,13+,14+,15-,16+,17-,42?. The minimum atomic E-state index is -3.80. The number of halogens is 1. The summed E-state index contributed by atoms with van der Waals surface area (Å²) in [6.45, 7) is 2.40. The van der Waals surface area contributed by atoms with E-state index in [9.17, 15) is 23.7 Å². The molecule has 0 bridgehead atoms. The number of aromatic nitrogens is 4. The van der Waals surface area contributed by atoms with Crippen molar-refractivity contribution in [3.63, 3.8) is 0 Å². The summed E-state index contributed by atoms with van der Waals surface area (Å²) in [6.07, 6.45) is -0.722. The second-order valence-corrected chi connectivity index (χ2v) is 13.6. The number of aryl methyl sites for hydroxylation is 2. The van der Waals surface area contributed by atoms with Crippen LogP contribution >= 0.6 is 30.2 Å². The van der Waals surface area contributed by atoms with Gasteiger partial charge in [0.05, 0.1) is 37.5 Å². The smallest absolute Gasteiger partial charge is 0.340 e. The number of alkyl halides is 1. The molecule has 0 aromatic carbocycles. The molecule has 19 nitrogen and oxygen atoms in total. The molecule has 2 aromatic heterocycles. The first-order chi connectivity index (χ1) is 20.0. The zero-order chi connectivity index (χ0) is 30.6. The number of ether oxygens (including phenoxy) is 2. The average Bonchev–Trinajstić information content (AvgIpc) is 3.54. The van der Waals surface area contributed by atoms with E-state index in [0.29, 0.717) is 0 Å². The van der Waals surface area contributed by atoms with E-state index in [4.69, 9.17) is 29.6 Å². The molecule has 226 valence electrons. The topological polar surface area (TPSA) is 261 Å². The molecule has 21 heteroatoms. The summed E-state index contributed by atoms with van der Waals surface area (Å²) < 4.78 is 38.7.